The average molecular weight is 620 g/mol. The summed E-state index contributed by atoms with van der Waals surface area (Å²) in [5.74, 6) is -3.79. The fourth-order valence-corrected chi connectivity index (χ4v) is 6.18. The van der Waals surface area contributed by atoms with E-state index < -0.39 is 52.9 Å². The summed E-state index contributed by atoms with van der Waals surface area (Å²) in [6.45, 7) is -1.68. The lowest BCUT2D eigenvalue weighted by Crippen LogP contribution is -2.52. The number of aliphatic hydroxyl groups is 1. The number of alkyl halides is 3. The molecular formula is C28H22F5N5O4S. The van der Waals surface area contributed by atoms with Gasteiger partial charge in [-0.25, -0.2) is 18.7 Å². The minimum absolute atomic E-state index is 0.0103. The molecule has 0 bridgehead atoms. The number of fused-ring (bicyclic) bond motifs is 2. The number of amides is 2. The number of rotatable bonds is 7. The van der Waals surface area contributed by atoms with Crippen LogP contribution in [0.15, 0.2) is 42.5 Å². The largest absolute Gasteiger partial charge is 0.489 e. The first-order valence-corrected chi connectivity index (χ1v) is 13.7. The van der Waals surface area contributed by atoms with Gasteiger partial charge >= 0.3 is 6.18 Å². The highest BCUT2D eigenvalue weighted by Crippen LogP contribution is 2.56. The van der Waals surface area contributed by atoms with Gasteiger partial charge in [-0.1, -0.05) is 11.3 Å². The molecule has 0 spiro atoms. The van der Waals surface area contributed by atoms with Gasteiger partial charge in [0.1, 0.15) is 34.8 Å². The molecule has 6 N–H and O–H groups in total. The molecule has 1 aliphatic heterocycles. The maximum absolute atomic E-state index is 14.7. The van der Waals surface area contributed by atoms with Crippen molar-refractivity contribution in [2.24, 2.45) is 11.7 Å². The molecule has 2 aromatic heterocycles. The van der Waals surface area contributed by atoms with Crippen molar-refractivity contribution in [2.75, 3.05) is 18.9 Å². The van der Waals surface area contributed by atoms with Crippen LogP contribution in [0.25, 0.3) is 21.5 Å². The minimum Gasteiger partial charge on any atom is -0.489 e. The monoisotopic (exact) mass is 619 g/mol. The Morgan fingerprint density at radius 2 is 1.81 bits per heavy atom. The lowest BCUT2D eigenvalue weighted by Gasteiger charge is -2.32. The topological polar surface area (TPSA) is 153 Å². The molecule has 9 nitrogen and oxygen atoms in total. The number of hydrogen-bond donors (Lipinski definition) is 4. The number of thiazole rings is 1. The van der Waals surface area contributed by atoms with Crippen molar-refractivity contribution in [1.29, 1.82) is 0 Å². The van der Waals surface area contributed by atoms with Crippen LogP contribution in [0.4, 0.5) is 27.1 Å². The van der Waals surface area contributed by atoms with Gasteiger partial charge in [0.05, 0.1) is 16.9 Å². The highest BCUT2D eigenvalue weighted by molar-refractivity contribution is 7.22. The number of hydrogen-bond acceptors (Lipinski definition) is 8. The third kappa shape index (κ3) is 4.63. The molecule has 2 aromatic carbocycles. The van der Waals surface area contributed by atoms with E-state index in [0.29, 0.717) is 12.8 Å². The smallest absolute Gasteiger partial charge is 0.424 e. The van der Waals surface area contributed by atoms with Crippen molar-refractivity contribution in [1.82, 2.24) is 15.3 Å². The first kappa shape index (κ1) is 28.7. The molecule has 0 radical (unpaired) electrons. The predicted molar refractivity (Wildman–Crippen MR) is 145 cm³/mol. The number of aromatic nitrogens is 2. The summed E-state index contributed by atoms with van der Waals surface area (Å²) in [5, 5.41) is 13.3. The average Bonchev–Trinajstić information content (AvgIpc) is 3.61. The summed E-state index contributed by atoms with van der Waals surface area (Å²) < 4.78 is 78.3. The van der Waals surface area contributed by atoms with Crippen LogP contribution < -0.4 is 21.5 Å². The van der Waals surface area contributed by atoms with E-state index in [2.05, 4.69) is 9.97 Å². The second kappa shape index (κ2) is 9.84. The van der Waals surface area contributed by atoms with E-state index in [0.717, 1.165) is 35.6 Å². The molecule has 43 heavy (non-hydrogen) atoms. The third-order valence-electron chi connectivity index (χ3n) is 7.85. The SMILES string of the molecule is NC(=O)[C@@]1(C2CC2)COc2c1cc(C(O)(CNC(=O)c1cc(F)c3nc(N)sc3c1)C(F)(F)F)nc2-c1ccc(F)cc1. The van der Waals surface area contributed by atoms with Crippen molar-refractivity contribution in [3.05, 3.63) is 70.9 Å². The van der Waals surface area contributed by atoms with Crippen molar-refractivity contribution in [3.63, 3.8) is 0 Å². The van der Waals surface area contributed by atoms with Crippen molar-refractivity contribution in [2.45, 2.75) is 30.0 Å². The number of ether oxygens (including phenoxy) is 1. The Hall–Kier alpha value is -4.37. The van der Waals surface area contributed by atoms with E-state index in [-0.39, 0.29) is 56.0 Å². The molecule has 1 unspecified atom stereocenters. The molecular weight excluding hydrogens is 597 g/mol. The maximum Gasteiger partial charge on any atom is 0.424 e. The molecule has 2 amide bonds. The summed E-state index contributed by atoms with van der Waals surface area (Å²) in [5.41, 5.74) is 4.70. The number of benzene rings is 2. The Bertz CT molecular complexity index is 1790. The Kier molecular flexibility index (Phi) is 6.58. The van der Waals surface area contributed by atoms with Gasteiger partial charge in [0, 0.05) is 16.7 Å². The first-order valence-electron chi connectivity index (χ1n) is 12.9. The summed E-state index contributed by atoms with van der Waals surface area (Å²) in [4.78, 5) is 33.6. The van der Waals surface area contributed by atoms with Crippen LogP contribution >= 0.6 is 11.3 Å². The van der Waals surface area contributed by atoms with Crippen molar-refractivity contribution in [3.8, 4) is 17.0 Å². The fraction of sp³-hybridized carbons (Fsp3) is 0.286. The molecule has 224 valence electrons. The summed E-state index contributed by atoms with van der Waals surface area (Å²) >= 11 is 0.878. The molecule has 0 saturated heterocycles. The number of halogens is 5. The van der Waals surface area contributed by atoms with Gasteiger partial charge in [-0.05, 0) is 61.2 Å². The highest BCUT2D eigenvalue weighted by atomic mass is 32.1. The molecule has 2 atom stereocenters. The van der Waals surface area contributed by atoms with Gasteiger partial charge in [0.25, 0.3) is 5.91 Å². The summed E-state index contributed by atoms with van der Waals surface area (Å²) in [6, 6.07) is 7.58. The minimum atomic E-state index is -5.41. The normalized spacial score (nSPS) is 19.5. The number of anilines is 1. The van der Waals surface area contributed by atoms with Gasteiger partial charge in [-0.3, -0.25) is 9.59 Å². The van der Waals surface area contributed by atoms with E-state index >= 15 is 0 Å². The van der Waals surface area contributed by atoms with Gasteiger partial charge in [-0.2, -0.15) is 13.2 Å². The lowest BCUT2D eigenvalue weighted by atomic mass is 9.76. The second-order valence-corrected chi connectivity index (χ2v) is 11.6. The van der Waals surface area contributed by atoms with Crippen LogP contribution in [0.3, 0.4) is 0 Å². The van der Waals surface area contributed by atoms with Gasteiger partial charge in [-0.15, -0.1) is 0 Å². The third-order valence-corrected chi connectivity index (χ3v) is 8.69. The standard InChI is InChI=1S/C28H22F5N5O4S/c29-15-5-1-12(2-6-15)20-22-16(26(11-42-22,24(34)40)14-3-4-14)9-19(37-20)27(41,28(31,32)33)10-36-23(39)13-7-17(30)21-18(8-13)43-25(35)38-21/h1-2,5-9,14,41H,3-4,10-11H2,(H2,34,40)(H2,35,38)(H,36,39)/t26-,27?/m1/s1. The number of nitrogen functional groups attached to an aromatic ring is 1. The van der Waals surface area contributed by atoms with Crippen LogP contribution in [-0.4, -0.2) is 46.2 Å². The van der Waals surface area contributed by atoms with Crippen molar-refractivity contribution >= 4 is 38.5 Å². The molecule has 1 saturated carbocycles. The fourth-order valence-electron chi connectivity index (χ4n) is 5.39. The molecule has 2 aliphatic rings. The number of nitrogens with zero attached hydrogens (tertiary/aromatic N) is 2. The Morgan fingerprint density at radius 3 is 2.44 bits per heavy atom. The number of pyridine rings is 1. The number of carbonyl (C=O) groups is 2. The van der Waals surface area contributed by atoms with Crippen LogP contribution in [0.2, 0.25) is 0 Å². The van der Waals surface area contributed by atoms with Crippen molar-refractivity contribution < 1.29 is 41.4 Å². The Balaban J connectivity index is 1.45. The quantitative estimate of drug-likeness (QED) is 0.229. The number of nitrogens with two attached hydrogens (primary N) is 2. The van der Waals surface area contributed by atoms with E-state index in [4.69, 9.17) is 16.2 Å². The first-order chi connectivity index (χ1) is 20.2. The molecule has 6 rings (SSSR count). The number of carbonyl (C=O) groups excluding carboxylic acids is 2. The molecule has 15 heteroatoms. The van der Waals surface area contributed by atoms with Gasteiger partial charge in [0.15, 0.2) is 10.9 Å². The van der Waals surface area contributed by atoms with Gasteiger partial charge < -0.3 is 26.6 Å². The highest BCUT2D eigenvalue weighted by Gasteiger charge is 2.60. The zero-order valence-electron chi connectivity index (χ0n) is 22.0. The molecule has 1 fully saturated rings. The molecule has 4 aromatic rings. The van der Waals surface area contributed by atoms with E-state index in [9.17, 15) is 36.6 Å². The molecule has 1 aliphatic carbocycles. The van der Waals surface area contributed by atoms with E-state index in [1.165, 1.54) is 18.2 Å². The van der Waals surface area contributed by atoms with Crippen LogP contribution in [0.5, 0.6) is 5.75 Å². The number of primary amides is 1. The summed E-state index contributed by atoms with van der Waals surface area (Å²) in [6.07, 6.45) is -4.26. The maximum atomic E-state index is 14.7. The van der Waals surface area contributed by atoms with Crippen LogP contribution in [0, 0.1) is 17.6 Å². The Labute approximate surface area is 243 Å². The zero-order chi connectivity index (χ0) is 30.9. The Morgan fingerprint density at radius 1 is 1.12 bits per heavy atom. The number of nitrogens with one attached hydrogen (secondary N) is 1. The summed E-state index contributed by atoms with van der Waals surface area (Å²) in [7, 11) is 0. The zero-order valence-corrected chi connectivity index (χ0v) is 22.8. The van der Waals surface area contributed by atoms with E-state index in [1.54, 1.807) is 0 Å². The molecule has 3 heterocycles. The van der Waals surface area contributed by atoms with Crippen LogP contribution in [-0.2, 0) is 15.8 Å². The predicted octanol–water partition coefficient (Wildman–Crippen LogP) is 3.92. The van der Waals surface area contributed by atoms with E-state index in [1.807, 2.05) is 5.32 Å². The van der Waals surface area contributed by atoms with Crippen LogP contribution in [0.1, 0.15) is 34.5 Å². The van der Waals surface area contributed by atoms with Gasteiger partial charge in [0.2, 0.25) is 11.5 Å². The lowest BCUT2D eigenvalue weighted by molar-refractivity contribution is -0.265. The second-order valence-electron chi connectivity index (χ2n) is 10.5.